The van der Waals surface area contributed by atoms with Gasteiger partial charge in [0.15, 0.2) is 0 Å². The van der Waals surface area contributed by atoms with Gasteiger partial charge in [0.25, 0.3) is 0 Å². The molecule has 1 N–H and O–H groups in total. The van der Waals surface area contributed by atoms with Crippen molar-refractivity contribution < 1.29 is 45.6 Å². The van der Waals surface area contributed by atoms with E-state index < -0.39 is 11.6 Å². The van der Waals surface area contributed by atoms with E-state index in [4.69, 9.17) is 9.47 Å². The summed E-state index contributed by atoms with van der Waals surface area (Å²) >= 11 is 2.72. The van der Waals surface area contributed by atoms with Gasteiger partial charge in [-0.1, -0.05) is 36.4 Å². The van der Waals surface area contributed by atoms with Crippen LogP contribution in [0.15, 0.2) is 71.4 Å². The third-order valence-corrected chi connectivity index (χ3v) is 9.83. The van der Waals surface area contributed by atoms with Crippen molar-refractivity contribution in [2.75, 3.05) is 13.7 Å². The van der Waals surface area contributed by atoms with Crippen LogP contribution in [0.4, 0.5) is 0 Å². The van der Waals surface area contributed by atoms with Crippen LogP contribution in [0.3, 0.4) is 0 Å². The molecule has 5 rings (SSSR count). The van der Waals surface area contributed by atoms with Gasteiger partial charge < -0.3 is 36.0 Å². The van der Waals surface area contributed by atoms with E-state index in [-0.39, 0.29) is 41.1 Å². The number of rotatable bonds is 10. The zero-order valence-corrected chi connectivity index (χ0v) is 25.3. The van der Waals surface area contributed by atoms with E-state index in [2.05, 4.69) is 43.5 Å². The molecule has 2 aliphatic heterocycles. The number of carbonyl (C=O) groups is 2. The molecule has 2 aliphatic rings. The van der Waals surface area contributed by atoms with Gasteiger partial charge in [0.05, 0.1) is 23.4 Å². The van der Waals surface area contributed by atoms with Gasteiger partial charge in [0.2, 0.25) is 5.60 Å². The van der Waals surface area contributed by atoms with Gasteiger partial charge in [-0.3, -0.25) is 4.79 Å². The standard InChI is InChI=1S/C30H34NO5S2.BrH/c1-3-35-28(32)15-12-21-8-10-22(11-9-21)20-31(2)23-13-14-24(31)19-25(18-23)36-29(33)30(34,26-6-4-16-37-26)27-7-5-17-38-27;/h4-11,13-14,16-17,23-25,34H,3,12,15,18-20H2,1-2H3;1H/q+1;/p-1/t23-,24+,25-,31+;. The van der Waals surface area contributed by atoms with Crippen LogP contribution in [0.5, 0.6) is 0 Å². The highest BCUT2D eigenvalue weighted by Crippen LogP contribution is 2.42. The van der Waals surface area contributed by atoms with Crippen LogP contribution in [0.25, 0.3) is 0 Å². The van der Waals surface area contributed by atoms with Crippen molar-refractivity contribution in [1.29, 1.82) is 0 Å². The first-order valence-electron chi connectivity index (χ1n) is 13.1. The Morgan fingerprint density at radius 1 is 0.974 bits per heavy atom. The highest BCUT2D eigenvalue weighted by molar-refractivity contribution is 7.12. The van der Waals surface area contributed by atoms with Crippen LogP contribution in [-0.4, -0.2) is 53.4 Å². The van der Waals surface area contributed by atoms with Crippen LogP contribution in [0.2, 0.25) is 0 Å². The van der Waals surface area contributed by atoms with Crippen molar-refractivity contribution in [2.45, 2.75) is 62.9 Å². The Bertz CT molecular complexity index is 1220. The minimum absolute atomic E-state index is 0. The molecule has 0 radical (unpaired) electrons. The van der Waals surface area contributed by atoms with Gasteiger partial charge in [-0.25, -0.2) is 4.79 Å². The maximum Gasteiger partial charge on any atom is 0.349 e. The van der Waals surface area contributed by atoms with Crippen molar-refractivity contribution in [3.05, 3.63) is 92.3 Å². The maximum atomic E-state index is 13.5. The molecule has 0 saturated carbocycles. The summed E-state index contributed by atoms with van der Waals surface area (Å²) in [6.45, 7) is 3.10. The molecule has 1 aromatic carbocycles. The largest absolute Gasteiger partial charge is 1.00 e. The summed E-state index contributed by atoms with van der Waals surface area (Å²) in [4.78, 5) is 26.3. The Morgan fingerprint density at radius 3 is 2.05 bits per heavy atom. The number of nitrogens with zero attached hydrogens (tertiary/aromatic N) is 1. The fourth-order valence-corrected chi connectivity index (χ4v) is 7.43. The lowest BCUT2D eigenvalue weighted by Crippen LogP contribution is -3.00. The first-order valence-corrected chi connectivity index (χ1v) is 14.9. The number of likely N-dealkylation sites (N-methyl/N-ethyl adjacent to an activating group) is 1. The molecule has 1 saturated heterocycles. The van der Waals surface area contributed by atoms with Gasteiger partial charge in [0, 0.05) is 24.8 Å². The molecule has 1 fully saturated rings. The lowest BCUT2D eigenvalue weighted by molar-refractivity contribution is -0.957. The molecular formula is C30H34BrNO5S2. The predicted molar refractivity (Wildman–Crippen MR) is 149 cm³/mol. The molecule has 2 bridgehead atoms. The molecule has 0 aliphatic carbocycles. The molecule has 4 atom stereocenters. The number of ether oxygens (including phenoxy) is 2. The number of hydrogen-bond acceptors (Lipinski definition) is 7. The Balaban J connectivity index is 0.00000353. The average Bonchev–Trinajstić information content (AvgIpc) is 3.66. The van der Waals surface area contributed by atoms with E-state index in [1.807, 2.05) is 29.8 Å². The van der Waals surface area contributed by atoms with Crippen molar-refractivity contribution in [1.82, 2.24) is 0 Å². The summed E-state index contributed by atoms with van der Waals surface area (Å²) in [5.74, 6) is -0.758. The Hall–Kier alpha value is -2.30. The second-order valence-corrected chi connectivity index (χ2v) is 12.2. The molecule has 0 amide bonds. The molecule has 39 heavy (non-hydrogen) atoms. The molecule has 6 nitrogen and oxygen atoms in total. The smallest absolute Gasteiger partial charge is 0.349 e. The number of benzene rings is 1. The van der Waals surface area contributed by atoms with Gasteiger partial charge in [-0.15, -0.1) is 22.7 Å². The minimum atomic E-state index is -1.78. The summed E-state index contributed by atoms with van der Waals surface area (Å²) < 4.78 is 11.9. The van der Waals surface area contributed by atoms with Crippen LogP contribution < -0.4 is 17.0 Å². The zero-order chi connectivity index (χ0) is 26.8. The predicted octanol–water partition coefficient (Wildman–Crippen LogP) is 2.20. The van der Waals surface area contributed by atoms with Gasteiger partial charge in [-0.05, 0) is 54.0 Å². The Kier molecular flexibility index (Phi) is 9.49. The number of esters is 2. The second-order valence-electron chi connectivity index (χ2n) is 10.3. The zero-order valence-electron chi connectivity index (χ0n) is 22.1. The number of piperidine rings is 1. The highest BCUT2D eigenvalue weighted by Gasteiger charge is 2.51. The van der Waals surface area contributed by atoms with Gasteiger partial charge in [0.1, 0.15) is 24.7 Å². The van der Waals surface area contributed by atoms with E-state index >= 15 is 0 Å². The van der Waals surface area contributed by atoms with E-state index in [1.165, 1.54) is 28.2 Å². The minimum Gasteiger partial charge on any atom is -1.00 e. The van der Waals surface area contributed by atoms with Crippen LogP contribution in [0.1, 0.15) is 47.1 Å². The normalized spacial score (nSPS) is 23.7. The number of thiophene rings is 2. The number of fused-ring (bicyclic) bond motifs is 2. The second kappa shape index (κ2) is 12.5. The van der Waals surface area contributed by atoms with Crippen molar-refractivity contribution in [3.63, 3.8) is 0 Å². The van der Waals surface area contributed by atoms with Crippen molar-refractivity contribution in [3.8, 4) is 0 Å². The summed E-state index contributed by atoms with van der Waals surface area (Å²) in [5, 5.41) is 15.3. The Morgan fingerprint density at radius 2 is 1.54 bits per heavy atom. The van der Waals surface area contributed by atoms with E-state index in [9.17, 15) is 14.7 Å². The first kappa shape index (κ1) is 29.7. The highest BCUT2D eigenvalue weighted by atomic mass is 79.9. The molecule has 4 heterocycles. The van der Waals surface area contributed by atoms with E-state index in [0.717, 1.165) is 29.4 Å². The monoisotopic (exact) mass is 631 g/mol. The number of aliphatic hydroxyl groups is 1. The van der Waals surface area contributed by atoms with Crippen LogP contribution in [0, 0.1) is 0 Å². The molecule has 208 valence electrons. The topological polar surface area (TPSA) is 72.8 Å². The SMILES string of the molecule is CCOC(=O)CCc1ccc(C[N@@+]2(C)[C@@H]3C=C[C@H]2C[C@H](OC(=O)C(O)(c2cccs2)c2cccs2)C3)cc1.[Br-]. The quantitative estimate of drug-likeness (QED) is 0.211. The van der Waals surface area contributed by atoms with E-state index in [0.29, 0.717) is 29.2 Å². The molecule has 2 aromatic heterocycles. The fraction of sp³-hybridized carbons (Fsp3) is 0.400. The Labute approximate surface area is 248 Å². The number of carbonyl (C=O) groups excluding carboxylic acids is 2. The van der Waals surface area contributed by atoms with Crippen molar-refractivity contribution >= 4 is 34.6 Å². The average molecular weight is 633 g/mol. The van der Waals surface area contributed by atoms with Gasteiger partial charge in [-0.2, -0.15) is 0 Å². The van der Waals surface area contributed by atoms with Gasteiger partial charge >= 0.3 is 11.9 Å². The maximum absolute atomic E-state index is 13.5. The number of quaternary nitrogens is 1. The third kappa shape index (κ3) is 6.07. The fourth-order valence-electron chi connectivity index (χ4n) is 5.71. The molecule has 0 spiro atoms. The molecule has 0 unspecified atom stereocenters. The summed E-state index contributed by atoms with van der Waals surface area (Å²) in [6.07, 6.45) is 6.77. The number of halogens is 1. The van der Waals surface area contributed by atoms with Crippen LogP contribution in [-0.2, 0) is 37.6 Å². The molecule has 3 aromatic rings. The summed E-state index contributed by atoms with van der Waals surface area (Å²) in [6, 6.07) is 16.2. The molecular weight excluding hydrogens is 598 g/mol. The number of aryl methyl sites for hydroxylation is 1. The summed E-state index contributed by atoms with van der Waals surface area (Å²) in [7, 11) is 2.27. The van der Waals surface area contributed by atoms with Crippen molar-refractivity contribution in [2.24, 2.45) is 0 Å². The molecule has 9 heteroatoms. The summed E-state index contributed by atoms with van der Waals surface area (Å²) in [5.41, 5.74) is 0.589. The number of hydrogen-bond donors (Lipinski definition) is 1. The first-order chi connectivity index (χ1) is 18.3. The lowest BCUT2D eigenvalue weighted by Gasteiger charge is -2.47. The third-order valence-electron chi connectivity index (χ3n) is 7.87. The van der Waals surface area contributed by atoms with E-state index in [1.54, 1.807) is 12.1 Å². The van der Waals surface area contributed by atoms with Crippen LogP contribution >= 0.6 is 22.7 Å². The lowest BCUT2D eigenvalue weighted by atomic mass is 9.93.